The lowest BCUT2D eigenvalue weighted by Crippen LogP contribution is -2.50. The van der Waals surface area contributed by atoms with Gasteiger partial charge in [-0.1, -0.05) is 0 Å². The van der Waals surface area contributed by atoms with Crippen molar-refractivity contribution in [1.29, 1.82) is 0 Å². The van der Waals surface area contributed by atoms with Crippen molar-refractivity contribution in [3.05, 3.63) is 0 Å². The molecule has 0 radical (unpaired) electrons. The van der Waals surface area contributed by atoms with E-state index in [0.717, 1.165) is 0 Å². The number of rotatable bonds is 4. The van der Waals surface area contributed by atoms with E-state index in [9.17, 15) is 9.59 Å². The van der Waals surface area contributed by atoms with Gasteiger partial charge in [-0.2, -0.15) is 0 Å². The first-order valence-electron chi connectivity index (χ1n) is 5.90. The Hall–Kier alpha value is -1.14. The number of likely N-dealkylation sites (N-methyl/N-ethyl adjacent to an activating group) is 1. The molecule has 0 aromatic carbocycles. The number of nitrogens with zero attached hydrogens (tertiary/aromatic N) is 2. The first-order valence-corrected chi connectivity index (χ1v) is 5.90. The lowest BCUT2D eigenvalue weighted by molar-refractivity contribution is -0.144. The Bertz CT molecular complexity index is 281. The van der Waals surface area contributed by atoms with Gasteiger partial charge in [0.25, 0.3) is 0 Å². The summed E-state index contributed by atoms with van der Waals surface area (Å²) in [5.41, 5.74) is 0. The van der Waals surface area contributed by atoms with Gasteiger partial charge in [-0.05, 0) is 6.42 Å². The molecule has 1 aliphatic rings. The van der Waals surface area contributed by atoms with Gasteiger partial charge in [0.05, 0.1) is 0 Å². The number of aliphatic hydroxyl groups excluding tert-OH is 1. The molecule has 6 heteroatoms. The van der Waals surface area contributed by atoms with E-state index in [0.29, 0.717) is 32.5 Å². The van der Waals surface area contributed by atoms with Crippen LogP contribution in [-0.4, -0.2) is 73.1 Å². The van der Waals surface area contributed by atoms with E-state index in [4.69, 9.17) is 5.11 Å². The minimum Gasteiger partial charge on any atom is -0.396 e. The van der Waals surface area contributed by atoms with Crippen LogP contribution < -0.4 is 5.32 Å². The molecule has 0 aromatic heterocycles. The fraction of sp³-hybridized carbons (Fsp3) is 0.818. The minimum absolute atomic E-state index is 0.0244. The predicted molar refractivity (Wildman–Crippen MR) is 63.4 cm³/mol. The summed E-state index contributed by atoms with van der Waals surface area (Å²) in [6, 6.07) is -0.539. The van der Waals surface area contributed by atoms with Crippen molar-refractivity contribution >= 4 is 11.8 Å². The Morgan fingerprint density at radius 1 is 1.53 bits per heavy atom. The molecular weight excluding hydrogens is 222 g/mol. The SMILES string of the molecule is CN(C)C(=O)C(CCO)N1CCNCCC1=O. The highest BCUT2D eigenvalue weighted by atomic mass is 16.3. The average molecular weight is 243 g/mol. The van der Waals surface area contributed by atoms with E-state index in [-0.39, 0.29) is 18.4 Å². The second-order valence-electron chi connectivity index (χ2n) is 4.35. The van der Waals surface area contributed by atoms with Crippen LogP contribution in [0.25, 0.3) is 0 Å². The lowest BCUT2D eigenvalue weighted by atomic mass is 10.1. The van der Waals surface area contributed by atoms with Crippen LogP contribution in [0.5, 0.6) is 0 Å². The zero-order valence-electron chi connectivity index (χ0n) is 10.5. The molecule has 1 rings (SSSR count). The van der Waals surface area contributed by atoms with Crippen LogP contribution >= 0.6 is 0 Å². The Labute approximate surface area is 102 Å². The van der Waals surface area contributed by atoms with Crippen molar-refractivity contribution in [3.8, 4) is 0 Å². The molecule has 2 N–H and O–H groups in total. The third kappa shape index (κ3) is 3.67. The van der Waals surface area contributed by atoms with Crippen LogP contribution in [0.1, 0.15) is 12.8 Å². The molecule has 98 valence electrons. The van der Waals surface area contributed by atoms with Gasteiger partial charge >= 0.3 is 0 Å². The van der Waals surface area contributed by atoms with E-state index in [1.165, 1.54) is 4.90 Å². The van der Waals surface area contributed by atoms with Crippen molar-refractivity contribution in [2.75, 3.05) is 40.3 Å². The summed E-state index contributed by atoms with van der Waals surface area (Å²) >= 11 is 0. The third-order valence-electron chi connectivity index (χ3n) is 2.87. The monoisotopic (exact) mass is 243 g/mol. The fourth-order valence-corrected chi connectivity index (χ4v) is 1.95. The number of carbonyl (C=O) groups excluding carboxylic acids is 2. The minimum atomic E-state index is -0.539. The molecule has 1 aliphatic heterocycles. The Morgan fingerprint density at radius 3 is 2.82 bits per heavy atom. The second kappa shape index (κ2) is 6.56. The smallest absolute Gasteiger partial charge is 0.244 e. The molecule has 0 aromatic rings. The normalized spacial score (nSPS) is 18.8. The van der Waals surface area contributed by atoms with Crippen molar-refractivity contribution in [3.63, 3.8) is 0 Å². The molecule has 0 bridgehead atoms. The zero-order valence-corrected chi connectivity index (χ0v) is 10.5. The molecule has 1 fully saturated rings. The summed E-state index contributed by atoms with van der Waals surface area (Å²) < 4.78 is 0. The van der Waals surface area contributed by atoms with Gasteiger partial charge in [0.1, 0.15) is 6.04 Å². The summed E-state index contributed by atoms with van der Waals surface area (Å²) in [6.45, 7) is 1.76. The average Bonchev–Trinajstić information content (AvgIpc) is 2.50. The van der Waals surface area contributed by atoms with Crippen molar-refractivity contribution < 1.29 is 14.7 Å². The Kier molecular flexibility index (Phi) is 5.37. The highest BCUT2D eigenvalue weighted by Crippen LogP contribution is 2.10. The maximum atomic E-state index is 12.0. The van der Waals surface area contributed by atoms with E-state index in [2.05, 4.69) is 5.32 Å². The molecule has 1 unspecified atom stereocenters. The molecule has 2 amide bonds. The Morgan fingerprint density at radius 2 is 2.24 bits per heavy atom. The van der Waals surface area contributed by atoms with Gasteiger partial charge in [-0.25, -0.2) is 0 Å². The quantitative estimate of drug-likeness (QED) is 0.640. The van der Waals surface area contributed by atoms with Crippen LogP contribution in [0, 0.1) is 0 Å². The van der Waals surface area contributed by atoms with Crippen LogP contribution in [0.15, 0.2) is 0 Å². The number of hydrogen-bond donors (Lipinski definition) is 2. The lowest BCUT2D eigenvalue weighted by Gasteiger charge is -2.31. The molecular formula is C11H21N3O3. The van der Waals surface area contributed by atoms with Gasteiger partial charge in [0.2, 0.25) is 11.8 Å². The predicted octanol–water partition coefficient (Wildman–Crippen LogP) is -1.35. The summed E-state index contributed by atoms with van der Waals surface area (Å²) in [5, 5.41) is 12.2. The fourth-order valence-electron chi connectivity index (χ4n) is 1.95. The van der Waals surface area contributed by atoms with Gasteiger partial charge in [0, 0.05) is 46.8 Å². The molecule has 6 nitrogen and oxygen atoms in total. The standard InChI is InChI=1S/C11H21N3O3/c1-13(2)11(17)9(4-8-15)14-7-6-12-5-3-10(14)16/h9,12,15H,3-8H2,1-2H3. The van der Waals surface area contributed by atoms with Crippen LogP contribution in [0.3, 0.4) is 0 Å². The van der Waals surface area contributed by atoms with E-state index >= 15 is 0 Å². The van der Waals surface area contributed by atoms with Crippen molar-refractivity contribution in [2.24, 2.45) is 0 Å². The third-order valence-corrected chi connectivity index (χ3v) is 2.87. The first-order chi connectivity index (χ1) is 8.07. The van der Waals surface area contributed by atoms with Crippen LogP contribution in [0.2, 0.25) is 0 Å². The van der Waals surface area contributed by atoms with Gasteiger partial charge < -0.3 is 20.2 Å². The molecule has 0 aliphatic carbocycles. The second-order valence-corrected chi connectivity index (χ2v) is 4.35. The maximum Gasteiger partial charge on any atom is 0.244 e. The van der Waals surface area contributed by atoms with E-state index < -0.39 is 6.04 Å². The van der Waals surface area contributed by atoms with E-state index in [1.54, 1.807) is 19.0 Å². The van der Waals surface area contributed by atoms with Gasteiger partial charge in [-0.3, -0.25) is 9.59 Å². The molecule has 1 saturated heterocycles. The van der Waals surface area contributed by atoms with Crippen molar-refractivity contribution in [1.82, 2.24) is 15.1 Å². The zero-order chi connectivity index (χ0) is 12.8. The van der Waals surface area contributed by atoms with Crippen molar-refractivity contribution in [2.45, 2.75) is 18.9 Å². The summed E-state index contributed by atoms with van der Waals surface area (Å²) in [4.78, 5) is 26.9. The number of nitrogens with one attached hydrogen (secondary N) is 1. The highest BCUT2D eigenvalue weighted by Gasteiger charge is 2.30. The summed E-state index contributed by atoms with van der Waals surface area (Å²) in [6.07, 6.45) is 0.700. The number of carbonyl (C=O) groups is 2. The molecule has 0 saturated carbocycles. The maximum absolute atomic E-state index is 12.0. The summed E-state index contributed by atoms with van der Waals surface area (Å²) in [5.74, 6) is -0.155. The Balaban J connectivity index is 2.80. The number of amides is 2. The number of hydrogen-bond acceptors (Lipinski definition) is 4. The molecule has 1 heterocycles. The molecule has 1 atom stereocenters. The van der Waals surface area contributed by atoms with Crippen LogP contribution in [0.4, 0.5) is 0 Å². The van der Waals surface area contributed by atoms with E-state index in [1.807, 2.05) is 0 Å². The largest absolute Gasteiger partial charge is 0.396 e. The summed E-state index contributed by atoms with van der Waals surface area (Å²) in [7, 11) is 3.32. The van der Waals surface area contributed by atoms with Crippen LogP contribution in [-0.2, 0) is 9.59 Å². The number of aliphatic hydroxyl groups is 1. The topological polar surface area (TPSA) is 72.9 Å². The molecule has 17 heavy (non-hydrogen) atoms. The highest BCUT2D eigenvalue weighted by molar-refractivity contribution is 5.87. The van der Waals surface area contributed by atoms with Gasteiger partial charge in [-0.15, -0.1) is 0 Å². The first kappa shape index (κ1) is 13.9. The molecule has 0 spiro atoms. The van der Waals surface area contributed by atoms with Gasteiger partial charge in [0.15, 0.2) is 0 Å².